The zero-order valence-electron chi connectivity index (χ0n) is 17.9. The van der Waals surface area contributed by atoms with Crippen molar-refractivity contribution in [1.29, 1.82) is 0 Å². The fourth-order valence-electron chi connectivity index (χ4n) is 3.51. The van der Waals surface area contributed by atoms with Crippen LogP contribution in [0.15, 0.2) is 45.8 Å². The molecule has 30 heavy (non-hydrogen) atoms. The van der Waals surface area contributed by atoms with Crippen molar-refractivity contribution in [1.82, 2.24) is 19.7 Å². The Hall–Kier alpha value is -3.48. The number of fused-ring (bicyclic) bond motifs is 1. The molecule has 4 rings (SSSR count). The summed E-state index contributed by atoms with van der Waals surface area (Å²) in [6.07, 6.45) is 2.54. The second-order valence-corrected chi connectivity index (χ2v) is 8.07. The van der Waals surface area contributed by atoms with E-state index in [1.807, 2.05) is 44.2 Å². The summed E-state index contributed by atoms with van der Waals surface area (Å²) >= 11 is 0. The van der Waals surface area contributed by atoms with Gasteiger partial charge in [-0.1, -0.05) is 19.9 Å². The molecule has 0 unspecified atom stereocenters. The predicted octanol–water partition coefficient (Wildman–Crippen LogP) is 4.54. The molecule has 0 aliphatic heterocycles. The Morgan fingerprint density at radius 2 is 1.93 bits per heavy atom. The highest BCUT2D eigenvalue weighted by molar-refractivity contribution is 5.85. The molecule has 7 heteroatoms. The Morgan fingerprint density at radius 3 is 2.70 bits per heavy atom. The van der Waals surface area contributed by atoms with Crippen LogP contribution >= 0.6 is 0 Å². The third-order valence-electron chi connectivity index (χ3n) is 5.08. The number of aromatic nitrogens is 4. The zero-order valence-corrected chi connectivity index (χ0v) is 17.9. The molecular weight excluding hydrogens is 378 g/mol. The van der Waals surface area contributed by atoms with E-state index in [4.69, 9.17) is 4.52 Å². The molecule has 3 heterocycles. The van der Waals surface area contributed by atoms with E-state index in [9.17, 15) is 4.79 Å². The largest absolute Gasteiger partial charge is 0.337 e. The molecule has 0 saturated carbocycles. The lowest BCUT2D eigenvalue weighted by Gasteiger charge is -2.12. The molecule has 0 fully saturated rings. The van der Waals surface area contributed by atoms with Crippen molar-refractivity contribution < 1.29 is 4.52 Å². The van der Waals surface area contributed by atoms with Gasteiger partial charge in [0.1, 0.15) is 0 Å². The normalized spacial score (nSPS) is 11.4. The minimum absolute atomic E-state index is 0.0490. The van der Waals surface area contributed by atoms with Crippen LogP contribution in [0.25, 0.3) is 22.0 Å². The highest BCUT2D eigenvalue weighted by Crippen LogP contribution is 2.28. The lowest BCUT2D eigenvalue weighted by Crippen LogP contribution is -2.19. The van der Waals surface area contributed by atoms with E-state index in [0.717, 1.165) is 39.8 Å². The van der Waals surface area contributed by atoms with E-state index in [0.29, 0.717) is 23.3 Å². The summed E-state index contributed by atoms with van der Waals surface area (Å²) in [5.74, 6) is 1.45. The van der Waals surface area contributed by atoms with Gasteiger partial charge < -0.3 is 14.4 Å². The molecule has 1 N–H and O–H groups in total. The SMILES string of the molecule is Cc1cc2c(cn1)cc(-c1cc(Nc3noc(CC(C)C)n3)ccc1C)c(=O)n2C. The Balaban J connectivity index is 1.74. The first-order chi connectivity index (χ1) is 14.3. The Bertz CT molecular complexity index is 1290. The summed E-state index contributed by atoms with van der Waals surface area (Å²) in [6.45, 7) is 8.11. The van der Waals surface area contributed by atoms with Gasteiger partial charge in [0, 0.05) is 42.0 Å². The van der Waals surface area contributed by atoms with Gasteiger partial charge in [-0.25, -0.2) is 0 Å². The van der Waals surface area contributed by atoms with Gasteiger partial charge in [0.05, 0.1) is 5.52 Å². The molecule has 7 nitrogen and oxygen atoms in total. The van der Waals surface area contributed by atoms with Crippen LogP contribution in [0, 0.1) is 19.8 Å². The van der Waals surface area contributed by atoms with E-state index in [-0.39, 0.29) is 5.56 Å². The Kier molecular flexibility index (Phi) is 5.11. The molecule has 0 atom stereocenters. The van der Waals surface area contributed by atoms with Crippen molar-refractivity contribution in [2.75, 3.05) is 5.32 Å². The van der Waals surface area contributed by atoms with E-state index < -0.39 is 0 Å². The first-order valence-electron chi connectivity index (χ1n) is 9.99. The zero-order chi connectivity index (χ0) is 21.4. The van der Waals surface area contributed by atoms with Gasteiger partial charge in [0.25, 0.3) is 11.5 Å². The van der Waals surface area contributed by atoms with Crippen LogP contribution in [0.1, 0.15) is 31.0 Å². The fraction of sp³-hybridized carbons (Fsp3) is 0.304. The first-order valence-corrected chi connectivity index (χ1v) is 9.99. The molecule has 3 aromatic heterocycles. The monoisotopic (exact) mass is 403 g/mol. The lowest BCUT2D eigenvalue weighted by atomic mass is 9.99. The third-order valence-corrected chi connectivity index (χ3v) is 5.08. The van der Waals surface area contributed by atoms with Gasteiger partial charge >= 0.3 is 0 Å². The maximum atomic E-state index is 13.1. The number of nitrogens with zero attached hydrogens (tertiary/aromatic N) is 4. The number of rotatable bonds is 5. The molecule has 0 amide bonds. The fourth-order valence-corrected chi connectivity index (χ4v) is 3.51. The van der Waals surface area contributed by atoms with E-state index in [2.05, 4.69) is 34.3 Å². The molecular formula is C23H25N5O2. The van der Waals surface area contributed by atoms with Crippen molar-refractivity contribution in [3.63, 3.8) is 0 Å². The van der Waals surface area contributed by atoms with Crippen LogP contribution in [0.4, 0.5) is 11.6 Å². The first kappa shape index (κ1) is 19.8. The molecule has 1 aromatic carbocycles. The number of pyridine rings is 2. The summed E-state index contributed by atoms with van der Waals surface area (Å²) in [6, 6.07) is 9.69. The van der Waals surface area contributed by atoms with E-state index in [1.165, 1.54) is 0 Å². The van der Waals surface area contributed by atoms with Crippen molar-refractivity contribution in [3.8, 4) is 11.1 Å². The van der Waals surface area contributed by atoms with Crippen LogP contribution < -0.4 is 10.9 Å². The van der Waals surface area contributed by atoms with Gasteiger partial charge in [-0.2, -0.15) is 4.98 Å². The number of nitrogens with one attached hydrogen (secondary N) is 1. The van der Waals surface area contributed by atoms with Gasteiger partial charge in [0.15, 0.2) is 0 Å². The van der Waals surface area contributed by atoms with Crippen molar-refractivity contribution in [3.05, 3.63) is 64.0 Å². The van der Waals surface area contributed by atoms with Crippen LogP contribution in [0.2, 0.25) is 0 Å². The molecule has 4 aromatic rings. The molecule has 154 valence electrons. The van der Waals surface area contributed by atoms with E-state index in [1.54, 1.807) is 17.8 Å². The Morgan fingerprint density at radius 1 is 1.13 bits per heavy atom. The Labute approximate surface area is 174 Å². The topological polar surface area (TPSA) is 85.8 Å². The predicted molar refractivity (Wildman–Crippen MR) is 118 cm³/mol. The quantitative estimate of drug-likeness (QED) is 0.526. The van der Waals surface area contributed by atoms with Gasteiger partial charge in [-0.3, -0.25) is 9.78 Å². The van der Waals surface area contributed by atoms with Crippen molar-refractivity contribution in [2.24, 2.45) is 13.0 Å². The smallest absolute Gasteiger partial charge is 0.267 e. The van der Waals surface area contributed by atoms with Crippen molar-refractivity contribution in [2.45, 2.75) is 34.1 Å². The van der Waals surface area contributed by atoms with E-state index >= 15 is 0 Å². The average Bonchev–Trinajstić information content (AvgIpc) is 3.13. The third kappa shape index (κ3) is 3.83. The summed E-state index contributed by atoms with van der Waals surface area (Å²) < 4.78 is 6.97. The van der Waals surface area contributed by atoms with Crippen molar-refractivity contribution >= 4 is 22.5 Å². The number of hydrogen-bond acceptors (Lipinski definition) is 6. The van der Waals surface area contributed by atoms with Gasteiger partial charge in [-0.05, 0) is 60.3 Å². The van der Waals surface area contributed by atoms with Crippen LogP contribution in [-0.2, 0) is 13.5 Å². The standard InChI is InChI=1S/C23H25N5O2/c1-13(2)8-21-26-23(27-30-21)25-17-7-6-14(3)18(11-17)19-10-16-12-24-15(4)9-20(16)28(5)22(19)29/h6-7,9-13H,8H2,1-5H3,(H,25,27). The molecule has 0 radical (unpaired) electrons. The minimum atomic E-state index is -0.0490. The summed E-state index contributed by atoms with van der Waals surface area (Å²) in [4.78, 5) is 21.9. The van der Waals surface area contributed by atoms with Gasteiger partial charge in [0.2, 0.25) is 5.89 Å². The number of aryl methyl sites for hydroxylation is 3. The summed E-state index contributed by atoms with van der Waals surface area (Å²) in [5, 5.41) is 8.10. The second-order valence-electron chi connectivity index (χ2n) is 8.07. The van der Waals surface area contributed by atoms with Gasteiger partial charge in [-0.15, -0.1) is 0 Å². The number of hydrogen-bond donors (Lipinski definition) is 1. The van der Waals surface area contributed by atoms with Crippen LogP contribution in [-0.4, -0.2) is 19.7 Å². The molecule has 0 spiro atoms. The highest BCUT2D eigenvalue weighted by Gasteiger charge is 2.14. The molecule has 0 aliphatic rings. The maximum absolute atomic E-state index is 13.1. The number of benzene rings is 1. The van der Waals surface area contributed by atoms with Crippen LogP contribution in [0.5, 0.6) is 0 Å². The highest BCUT2D eigenvalue weighted by atomic mass is 16.5. The summed E-state index contributed by atoms with van der Waals surface area (Å²) in [7, 11) is 1.79. The lowest BCUT2D eigenvalue weighted by molar-refractivity contribution is 0.363. The minimum Gasteiger partial charge on any atom is -0.337 e. The van der Waals surface area contributed by atoms with Crippen LogP contribution in [0.3, 0.4) is 0 Å². The molecule has 0 bridgehead atoms. The summed E-state index contributed by atoms with van der Waals surface area (Å²) in [5.41, 5.74) is 4.98. The number of anilines is 2. The molecule has 0 aliphatic carbocycles. The maximum Gasteiger partial charge on any atom is 0.267 e. The molecule has 0 saturated heterocycles. The second kappa shape index (κ2) is 7.74. The average molecular weight is 403 g/mol.